The summed E-state index contributed by atoms with van der Waals surface area (Å²) < 4.78 is 5.21. The molecule has 21 heavy (non-hydrogen) atoms. The number of nitrogens with zero attached hydrogens (tertiary/aromatic N) is 2. The van der Waals surface area contributed by atoms with Gasteiger partial charge < -0.3 is 15.0 Å². The number of nitro benzene ring substituents is 1. The summed E-state index contributed by atoms with van der Waals surface area (Å²) in [5.41, 5.74) is 0.798. The van der Waals surface area contributed by atoms with E-state index >= 15 is 0 Å². The molecule has 1 saturated heterocycles. The molecule has 0 saturated carbocycles. The van der Waals surface area contributed by atoms with E-state index < -0.39 is 0 Å². The second kappa shape index (κ2) is 7.26. The van der Waals surface area contributed by atoms with Crippen molar-refractivity contribution in [1.29, 1.82) is 0 Å². The highest BCUT2D eigenvalue weighted by molar-refractivity contribution is 5.65. The van der Waals surface area contributed by atoms with Crippen molar-refractivity contribution < 1.29 is 9.66 Å². The first-order chi connectivity index (χ1) is 10.2. The first kappa shape index (κ1) is 15.6. The molecular formula is C15H23N3O3. The standard InChI is InChI=1S/C15H23N3O3/c1-3-17(11-12-6-8-16-9-7-12)15-10-13(21-2)4-5-14(15)18(19)20/h4-5,10,12,16H,3,6-9,11H2,1-2H3. The fourth-order valence-electron chi connectivity index (χ4n) is 2.81. The van der Waals surface area contributed by atoms with E-state index in [0.29, 0.717) is 17.4 Å². The molecule has 0 spiro atoms. The molecule has 1 aromatic rings. The Bertz CT molecular complexity index is 487. The van der Waals surface area contributed by atoms with Crippen molar-refractivity contribution in [2.45, 2.75) is 19.8 Å². The number of nitrogens with one attached hydrogen (secondary N) is 1. The van der Waals surface area contributed by atoms with Crippen molar-refractivity contribution in [2.24, 2.45) is 5.92 Å². The van der Waals surface area contributed by atoms with Crippen LogP contribution in [0.25, 0.3) is 0 Å². The zero-order valence-corrected chi connectivity index (χ0v) is 12.7. The van der Waals surface area contributed by atoms with Crippen LogP contribution in [0.1, 0.15) is 19.8 Å². The quantitative estimate of drug-likeness (QED) is 0.644. The summed E-state index contributed by atoms with van der Waals surface area (Å²) in [4.78, 5) is 13.0. The van der Waals surface area contributed by atoms with E-state index in [1.807, 2.05) is 6.92 Å². The highest BCUT2D eigenvalue weighted by Gasteiger charge is 2.23. The number of hydrogen-bond acceptors (Lipinski definition) is 5. The zero-order valence-electron chi connectivity index (χ0n) is 12.7. The van der Waals surface area contributed by atoms with Crippen molar-refractivity contribution >= 4 is 11.4 Å². The second-order valence-electron chi connectivity index (χ2n) is 5.34. The van der Waals surface area contributed by atoms with Crippen LogP contribution < -0.4 is 15.0 Å². The highest BCUT2D eigenvalue weighted by atomic mass is 16.6. The third-order valence-electron chi connectivity index (χ3n) is 4.04. The molecule has 116 valence electrons. The van der Waals surface area contributed by atoms with Gasteiger partial charge in [0.25, 0.3) is 5.69 Å². The van der Waals surface area contributed by atoms with Gasteiger partial charge in [0.2, 0.25) is 0 Å². The van der Waals surface area contributed by atoms with Crippen LogP contribution in [0, 0.1) is 16.0 Å². The van der Waals surface area contributed by atoms with Gasteiger partial charge >= 0.3 is 0 Å². The maximum absolute atomic E-state index is 11.3. The molecule has 1 fully saturated rings. The van der Waals surface area contributed by atoms with Crippen LogP contribution in [0.2, 0.25) is 0 Å². The largest absolute Gasteiger partial charge is 0.497 e. The SMILES string of the molecule is CCN(CC1CCNCC1)c1cc(OC)ccc1[N+](=O)[O-]. The molecule has 0 radical (unpaired) electrons. The Labute approximate surface area is 125 Å². The van der Waals surface area contributed by atoms with Crippen LogP contribution in [0.4, 0.5) is 11.4 Å². The molecule has 1 aliphatic heterocycles. The summed E-state index contributed by atoms with van der Waals surface area (Å²) in [5.74, 6) is 1.23. The third-order valence-corrected chi connectivity index (χ3v) is 4.04. The second-order valence-corrected chi connectivity index (χ2v) is 5.34. The summed E-state index contributed by atoms with van der Waals surface area (Å²) >= 11 is 0. The average Bonchev–Trinajstić information content (AvgIpc) is 2.52. The van der Waals surface area contributed by atoms with Crippen LogP contribution in [0.5, 0.6) is 5.75 Å². The topological polar surface area (TPSA) is 67.6 Å². The molecule has 1 N–H and O–H groups in total. The predicted molar refractivity (Wildman–Crippen MR) is 83.1 cm³/mol. The number of benzene rings is 1. The highest BCUT2D eigenvalue weighted by Crippen LogP contribution is 2.33. The van der Waals surface area contributed by atoms with Crippen LogP contribution >= 0.6 is 0 Å². The summed E-state index contributed by atoms with van der Waals surface area (Å²) in [6.45, 7) is 5.69. The van der Waals surface area contributed by atoms with E-state index in [0.717, 1.165) is 39.0 Å². The van der Waals surface area contributed by atoms with E-state index in [1.54, 1.807) is 19.2 Å². The number of nitro groups is 1. The van der Waals surface area contributed by atoms with Gasteiger partial charge in [0.15, 0.2) is 0 Å². The lowest BCUT2D eigenvalue weighted by molar-refractivity contribution is -0.384. The molecule has 1 aliphatic rings. The molecular weight excluding hydrogens is 270 g/mol. The summed E-state index contributed by atoms with van der Waals surface area (Å²) in [6.07, 6.45) is 2.24. The lowest BCUT2D eigenvalue weighted by atomic mass is 9.97. The van der Waals surface area contributed by atoms with E-state index in [2.05, 4.69) is 10.2 Å². The third kappa shape index (κ3) is 3.85. The van der Waals surface area contributed by atoms with E-state index in [9.17, 15) is 10.1 Å². The van der Waals surface area contributed by atoms with Gasteiger partial charge in [-0.1, -0.05) is 0 Å². The average molecular weight is 293 g/mol. The minimum absolute atomic E-state index is 0.145. The van der Waals surface area contributed by atoms with Gasteiger partial charge in [-0.25, -0.2) is 0 Å². The Hall–Kier alpha value is -1.82. The Balaban J connectivity index is 2.24. The lowest BCUT2D eigenvalue weighted by Crippen LogP contribution is -2.36. The molecule has 2 rings (SSSR count). The van der Waals surface area contributed by atoms with Crippen molar-refractivity contribution in [3.63, 3.8) is 0 Å². The fraction of sp³-hybridized carbons (Fsp3) is 0.600. The van der Waals surface area contributed by atoms with Crippen molar-refractivity contribution in [2.75, 3.05) is 38.2 Å². The van der Waals surface area contributed by atoms with Gasteiger partial charge in [-0.3, -0.25) is 10.1 Å². The van der Waals surface area contributed by atoms with Crippen LogP contribution in [-0.4, -0.2) is 38.2 Å². The Morgan fingerprint density at radius 3 is 2.71 bits per heavy atom. The number of piperidine rings is 1. The smallest absolute Gasteiger partial charge is 0.292 e. The monoisotopic (exact) mass is 293 g/mol. The zero-order chi connectivity index (χ0) is 15.2. The van der Waals surface area contributed by atoms with E-state index in [4.69, 9.17) is 4.74 Å². The molecule has 1 heterocycles. The maximum Gasteiger partial charge on any atom is 0.292 e. The molecule has 6 heteroatoms. The van der Waals surface area contributed by atoms with Crippen molar-refractivity contribution in [1.82, 2.24) is 5.32 Å². The molecule has 0 aliphatic carbocycles. The number of hydrogen-bond donors (Lipinski definition) is 1. The fourth-order valence-corrected chi connectivity index (χ4v) is 2.81. The maximum atomic E-state index is 11.3. The normalized spacial score (nSPS) is 15.7. The Morgan fingerprint density at radius 1 is 1.43 bits per heavy atom. The minimum Gasteiger partial charge on any atom is -0.497 e. The predicted octanol–water partition coefficient (Wildman–Crippen LogP) is 2.43. The molecule has 1 aromatic carbocycles. The van der Waals surface area contributed by atoms with Crippen LogP contribution in [0.3, 0.4) is 0 Å². The van der Waals surface area contributed by atoms with Gasteiger partial charge in [0.1, 0.15) is 11.4 Å². The van der Waals surface area contributed by atoms with E-state index in [1.165, 1.54) is 6.07 Å². The molecule has 0 bridgehead atoms. The lowest BCUT2D eigenvalue weighted by Gasteiger charge is -2.30. The van der Waals surface area contributed by atoms with Crippen LogP contribution in [0.15, 0.2) is 18.2 Å². The first-order valence-electron chi connectivity index (χ1n) is 7.43. The van der Waals surface area contributed by atoms with Gasteiger partial charge in [-0.15, -0.1) is 0 Å². The molecule has 0 unspecified atom stereocenters. The number of methoxy groups -OCH3 is 1. The Morgan fingerprint density at radius 2 is 2.14 bits per heavy atom. The van der Waals surface area contributed by atoms with Gasteiger partial charge in [0.05, 0.1) is 12.0 Å². The van der Waals surface area contributed by atoms with E-state index in [-0.39, 0.29) is 10.6 Å². The van der Waals surface area contributed by atoms with Gasteiger partial charge in [0, 0.05) is 25.2 Å². The van der Waals surface area contributed by atoms with Crippen molar-refractivity contribution in [3.05, 3.63) is 28.3 Å². The first-order valence-corrected chi connectivity index (χ1v) is 7.43. The number of rotatable bonds is 6. The molecule has 0 atom stereocenters. The summed E-state index contributed by atoms with van der Waals surface area (Å²) in [6, 6.07) is 4.93. The van der Waals surface area contributed by atoms with Gasteiger partial charge in [-0.05, 0) is 44.8 Å². The minimum atomic E-state index is -0.320. The van der Waals surface area contributed by atoms with Crippen molar-refractivity contribution in [3.8, 4) is 5.75 Å². The molecule has 0 aromatic heterocycles. The summed E-state index contributed by atoms with van der Waals surface area (Å²) in [5, 5.41) is 14.6. The summed E-state index contributed by atoms with van der Waals surface area (Å²) in [7, 11) is 1.58. The Kier molecular flexibility index (Phi) is 5.38. The molecule has 0 amide bonds. The van der Waals surface area contributed by atoms with Gasteiger partial charge in [-0.2, -0.15) is 0 Å². The number of anilines is 1. The molecule has 6 nitrogen and oxygen atoms in total. The van der Waals surface area contributed by atoms with Crippen LogP contribution in [-0.2, 0) is 0 Å². The number of ether oxygens (including phenoxy) is 1.